The molecule has 0 saturated heterocycles. The number of aliphatic hydroxyl groups excluding tert-OH is 1. The van der Waals surface area contributed by atoms with E-state index in [0.29, 0.717) is 12.3 Å². The first-order valence-corrected chi connectivity index (χ1v) is 7.08. The number of rotatable bonds is 3. The maximum absolute atomic E-state index is 10.5. The Bertz CT molecular complexity index is 383. The first-order valence-electron chi connectivity index (χ1n) is 7.08. The van der Waals surface area contributed by atoms with Crippen LogP contribution >= 0.6 is 0 Å². The number of hydrogen-bond donors (Lipinski definition) is 1. The maximum atomic E-state index is 10.5. The van der Waals surface area contributed by atoms with Gasteiger partial charge in [-0.05, 0) is 42.7 Å². The van der Waals surface area contributed by atoms with Gasteiger partial charge in [-0.25, -0.2) is 0 Å². The van der Waals surface area contributed by atoms with E-state index >= 15 is 0 Å². The summed E-state index contributed by atoms with van der Waals surface area (Å²) in [5, 5.41) is 10.5. The quantitative estimate of drug-likeness (QED) is 0.886. The van der Waals surface area contributed by atoms with Crippen LogP contribution in [0.2, 0.25) is 0 Å². The molecule has 1 fully saturated rings. The summed E-state index contributed by atoms with van der Waals surface area (Å²) in [5.41, 5.74) is 2.45. The van der Waals surface area contributed by atoms with E-state index in [1.54, 1.807) is 0 Å². The number of aromatic nitrogens is 1. The van der Waals surface area contributed by atoms with Gasteiger partial charge in [-0.3, -0.25) is 4.98 Å². The Balaban J connectivity index is 2.02. The number of nitrogens with zero attached hydrogens (tertiary/aromatic N) is 1. The van der Waals surface area contributed by atoms with Crippen molar-refractivity contribution in [1.82, 2.24) is 4.98 Å². The third-order valence-electron chi connectivity index (χ3n) is 4.45. The molecule has 1 N–H and O–H groups in total. The molecule has 1 aromatic rings. The van der Waals surface area contributed by atoms with Crippen molar-refractivity contribution in [1.29, 1.82) is 0 Å². The molecule has 1 aliphatic rings. The van der Waals surface area contributed by atoms with Crippen molar-refractivity contribution < 1.29 is 5.11 Å². The van der Waals surface area contributed by atoms with Crippen LogP contribution in [-0.2, 0) is 6.42 Å². The highest BCUT2D eigenvalue weighted by molar-refractivity contribution is 5.13. The molecule has 2 nitrogen and oxygen atoms in total. The van der Waals surface area contributed by atoms with Crippen molar-refractivity contribution in [2.24, 2.45) is 11.3 Å². The molecule has 100 valence electrons. The fraction of sp³-hybridized carbons (Fsp3) is 0.688. The summed E-state index contributed by atoms with van der Waals surface area (Å²) in [5.74, 6) is 0.411. The van der Waals surface area contributed by atoms with Crippen molar-refractivity contribution in [2.75, 3.05) is 0 Å². The molecule has 0 amide bonds. The lowest BCUT2D eigenvalue weighted by molar-refractivity contribution is 0.00531. The van der Waals surface area contributed by atoms with Crippen LogP contribution in [-0.4, -0.2) is 16.2 Å². The number of pyridine rings is 1. The Hall–Kier alpha value is -0.890. The molecule has 0 bridgehead atoms. The fourth-order valence-electron chi connectivity index (χ4n) is 3.21. The van der Waals surface area contributed by atoms with Crippen LogP contribution in [0.1, 0.15) is 50.8 Å². The Morgan fingerprint density at radius 2 is 2.17 bits per heavy atom. The van der Waals surface area contributed by atoms with Gasteiger partial charge in [0.1, 0.15) is 0 Å². The zero-order chi connectivity index (χ0) is 13.2. The second-order valence-electron chi connectivity index (χ2n) is 6.44. The Labute approximate surface area is 110 Å². The Kier molecular flexibility index (Phi) is 4.06. The van der Waals surface area contributed by atoms with Gasteiger partial charge in [0.2, 0.25) is 0 Å². The minimum atomic E-state index is -0.254. The average Bonchev–Trinajstić information content (AvgIpc) is 2.31. The molecule has 1 heterocycles. The summed E-state index contributed by atoms with van der Waals surface area (Å²) in [6, 6.07) is 4.11. The van der Waals surface area contributed by atoms with Gasteiger partial charge < -0.3 is 5.11 Å². The standard InChI is InChI=1S/C16H25NO/c1-12-7-8-13(17-11-12)10-15(18)14-6-4-5-9-16(14,2)3/h7-8,11,14-15,18H,4-6,9-10H2,1-3H3. The van der Waals surface area contributed by atoms with E-state index in [0.717, 1.165) is 12.1 Å². The highest BCUT2D eigenvalue weighted by Gasteiger charge is 2.36. The second-order valence-corrected chi connectivity index (χ2v) is 6.44. The van der Waals surface area contributed by atoms with E-state index in [1.807, 2.05) is 19.2 Å². The van der Waals surface area contributed by atoms with Crippen molar-refractivity contribution in [3.8, 4) is 0 Å². The maximum Gasteiger partial charge on any atom is 0.0628 e. The molecule has 0 aliphatic heterocycles. The lowest BCUT2D eigenvalue weighted by Gasteiger charge is -2.41. The fourth-order valence-corrected chi connectivity index (χ4v) is 3.21. The number of aryl methyl sites for hydroxylation is 1. The second kappa shape index (κ2) is 5.40. The summed E-state index contributed by atoms with van der Waals surface area (Å²) < 4.78 is 0. The molecule has 2 unspecified atom stereocenters. The smallest absolute Gasteiger partial charge is 0.0628 e. The van der Waals surface area contributed by atoms with Crippen LogP contribution in [0.3, 0.4) is 0 Å². The van der Waals surface area contributed by atoms with Gasteiger partial charge in [-0.1, -0.05) is 32.8 Å². The molecule has 0 aromatic carbocycles. The first-order chi connectivity index (χ1) is 8.49. The summed E-state index contributed by atoms with van der Waals surface area (Å²) in [4.78, 5) is 4.40. The molecular weight excluding hydrogens is 222 g/mol. The molecular formula is C16H25NO. The van der Waals surface area contributed by atoms with Gasteiger partial charge in [0.25, 0.3) is 0 Å². The molecule has 0 radical (unpaired) electrons. The van der Waals surface area contributed by atoms with E-state index in [4.69, 9.17) is 0 Å². The zero-order valence-electron chi connectivity index (χ0n) is 11.8. The van der Waals surface area contributed by atoms with Crippen LogP contribution in [0, 0.1) is 18.3 Å². The normalized spacial score (nSPS) is 24.8. The molecule has 2 atom stereocenters. The van der Waals surface area contributed by atoms with Crippen LogP contribution in [0.25, 0.3) is 0 Å². The van der Waals surface area contributed by atoms with E-state index in [2.05, 4.69) is 24.9 Å². The molecule has 1 aromatic heterocycles. The Morgan fingerprint density at radius 3 is 2.78 bits per heavy atom. The largest absolute Gasteiger partial charge is 0.392 e. The minimum absolute atomic E-state index is 0.254. The lowest BCUT2D eigenvalue weighted by Crippen LogP contribution is -2.38. The van der Waals surface area contributed by atoms with Crippen LogP contribution < -0.4 is 0 Å². The number of aliphatic hydroxyl groups is 1. The molecule has 1 saturated carbocycles. The van der Waals surface area contributed by atoms with E-state index < -0.39 is 0 Å². The zero-order valence-corrected chi connectivity index (χ0v) is 11.8. The number of hydrogen-bond acceptors (Lipinski definition) is 2. The van der Waals surface area contributed by atoms with E-state index in [-0.39, 0.29) is 11.5 Å². The molecule has 2 heteroatoms. The van der Waals surface area contributed by atoms with Gasteiger partial charge in [0.15, 0.2) is 0 Å². The van der Waals surface area contributed by atoms with Crippen molar-refractivity contribution >= 4 is 0 Å². The summed E-state index contributed by atoms with van der Waals surface area (Å²) in [6.45, 7) is 6.63. The predicted molar refractivity (Wildman–Crippen MR) is 74.4 cm³/mol. The van der Waals surface area contributed by atoms with Crippen LogP contribution in [0.15, 0.2) is 18.3 Å². The van der Waals surface area contributed by atoms with Gasteiger partial charge in [0.05, 0.1) is 6.10 Å². The predicted octanol–water partition coefficient (Wildman–Crippen LogP) is 3.51. The first kappa shape index (κ1) is 13.5. The van der Waals surface area contributed by atoms with Crippen LogP contribution in [0.5, 0.6) is 0 Å². The van der Waals surface area contributed by atoms with Gasteiger partial charge in [0, 0.05) is 18.3 Å². The molecule has 1 aliphatic carbocycles. The van der Waals surface area contributed by atoms with E-state index in [9.17, 15) is 5.11 Å². The summed E-state index contributed by atoms with van der Waals surface area (Å²) in [6.07, 6.45) is 7.26. The topological polar surface area (TPSA) is 33.1 Å². The summed E-state index contributed by atoms with van der Waals surface area (Å²) >= 11 is 0. The van der Waals surface area contributed by atoms with Crippen molar-refractivity contribution in [3.05, 3.63) is 29.6 Å². The third kappa shape index (κ3) is 3.11. The van der Waals surface area contributed by atoms with Crippen LogP contribution in [0.4, 0.5) is 0 Å². The molecule has 2 rings (SSSR count). The van der Waals surface area contributed by atoms with Crippen molar-refractivity contribution in [3.63, 3.8) is 0 Å². The SMILES string of the molecule is Cc1ccc(CC(O)C2CCCCC2(C)C)nc1. The van der Waals surface area contributed by atoms with Gasteiger partial charge in [-0.2, -0.15) is 0 Å². The average molecular weight is 247 g/mol. The lowest BCUT2D eigenvalue weighted by atomic mass is 9.66. The monoisotopic (exact) mass is 247 g/mol. The minimum Gasteiger partial charge on any atom is -0.392 e. The molecule has 18 heavy (non-hydrogen) atoms. The molecule has 0 spiro atoms. The highest BCUT2D eigenvalue weighted by Crippen LogP contribution is 2.42. The van der Waals surface area contributed by atoms with Crippen molar-refractivity contribution in [2.45, 2.75) is 59.0 Å². The Morgan fingerprint density at radius 1 is 1.39 bits per heavy atom. The van der Waals surface area contributed by atoms with Gasteiger partial charge in [-0.15, -0.1) is 0 Å². The van der Waals surface area contributed by atoms with E-state index in [1.165, 1.54) is 24.8 Å². The van der Waals surface area contributed by atoms with Gasteiger partial charge >= 0.3 is 0 Å². The summed E-state index contributed by atoms with van der Waals surface area (Å²) in [7, 11) is 0. The third-order valence-corrected chi connectivity index (χ3v) is 4.45. The highest BCUT2D eigenvalue weighted by atomic mass is 16.3.